The minimum atomic E-state index is -0.0324. The van der Waals surface area contributed by atoms with Gasteiger partial charge in [-0.1, -0.05) is 0 Å². The second-order valence-electron chi connectivity index (χ2n) is 7.59. The molecule has 6 unspecified atom stereocenters. The maximum absolute atomic E-state index is 12.2. The predicted molar refractivity (Wildman–Crippen MR) is 72.2 cm³/mol. The van der Waals surface area contributed by atoms with E-state index in [9.17, 15) is 4.79 Å². The van der Waals surface area contributed by atoms with Crippen LogP contribution >= 0.6 is 0 Å². The molecule has 0 aromatic heterocycles. The molecule has 0 N–H and O–H groups in total. The average molecular weight is 280 g/mol. The molecule has 4 rings (SSSR count). The van der Waals surface area contributed by atoms with Crippen molar-refractivity contribution in [2.75, 3.05) is 6.61 Å². The molecule has 2 aliphatic carbocycles. The number of ether oxygens (including phenoxy) is 3. The SMILES string of the molecule is CC12CC(COC(=O)C3CCC4OC4(C)C3)CCC1O2. The highest BCUT2D eigenvalue weighted by molar-refractivity contribution is 5.73. The highest BCUT2D eigenvalue weighted by Crippen LogP contribution is 2.50. The molecule has 6 atom stereocenters. The zero-order valence-corrected chi connectivity index (χ0v) is 12.4. The molecule has 0 aromatic rings. The number of rotatable bonds is 3. The molecule has 20 heavy (non-hydrogen) atoms. The van der Waals surface area contributed by atoms with E-state index in [2.05, 4.69) is 13.8 Å². The van der Waals surface area contributed by atoms with E-state index in [0.717, 1.165) is 38.5 Å². The Balaban J connectivity index is 1.26. The number of esters is 1. The van der Waals surface area contributed by atoms with Crippen molar-refractivity contribution >= 4 is 5.97 Å². The van der Waals surface area contributed by atoms with E-state index < -0.39 is 0 Å². The largest absolute Gasteiger partial charge is 0.465 e. The van der Waals surface area contributed by atoms with Gasteiger partial charge in [0.05, 0.1) is 35.9 Å². The first-order chi connectivity index (χ1) is 9.48. The van der Waals surface area contributed by atoms with Gasteiger partial charge in [0.25, 0.3) is 0 Å². The fourth-order valence-corrected chi connectivity index (χ4v) is 4.34. The normalized spacial score (nSPS) is 52.7. The molecule has 2 saturated heterocycles. The third kappa shape index (κ3) is 2.17. The van der Waals surface area contributed by atoms with Gasteiger partial charge in [0.15, 0.2) is 0 Å². The summed E-state index contributed by atoms with van der Waals surface area (Å²) < 4.78 is 16.9. The van der Waals surface area contributed by atoms with Crippen LogP contribution in [0.3, 0.4) is 0 Å². The number of carbonyl (C=O) groups is 1. The molecule has 2 saturated carbocycles. The lowest BCUT2D eigenvalue weighted by molar-refractivity contribution is -0.151. The van der Waals surface area contributed by atoms with E-state index in [1.54, 1.807) is 0 Å². The summed E-state index contributed by atoms with van der Waals surface area (Å²) in [6, 6.07) is 0. The van der Waals surface area contributed by atoms with Gasteiger partial charge in [0.1, 0.15) is 0 Å². The van der Waals surface area contributed by atoms with E-state index in [0.29, 0.717) is 24.7 Å². The Kier molecular flexibility index (Phi) is 2.75. The monoisotopic (exact) mass is 280 g/mol. The summed E-state index contributed by atoms with van der Waals surface area (Å²) in [5, 5.41) is 0. The molecule has 0 aromatic carbocycles. The van der Waals surface area contributed by atoms with Gasteiger partial charge in [-0.15, -0.1) is 0 Å². The van der Waals surface area contributed by atoms with Crippen LogP contribution in [0.2, 0.25) is 0 Å². The third-order valence-electron chi connectivity index (χ3n) is 5.83. The van der Waals surface area contributed by atoms with E-state index in [1.165, 1.54) is 0 Å². The highest BCUT2D eigenvalue weighted by Gasteiger charge is 2.57. The smallest absolute Gasteiger partial charge is 0.309 e. The second-order valence-corrected chi connectivity index (χ2v) is 7.59. The zero-order valence-electron chi connectivity index (χ0n) is 12.4. The summed E-state index contributed by atoms with van der Waals surface area (Å²) in [5.74, 6) is 0.513. The van der Waals surface area contributed by atoms with Crippen LogP contribution in [0.1, 0.15) is 52.4 Å². The van der Waals surface area contributed by atoms with Crippen molar-refractivity contribution in [1.82, 2.24) is 0 Å². The Morgan fingerprint density at radius 1 is 1.05 bits per heavy atom. The quantitative estimate of drug-likeness (QED) is 0.588. The molecule has 2 heterocycles. The third-order valence-corrected chi connectivity index (χ3v) is 5.83. The average Bonchev–Trinajstić information content (AvgIpc) is 3.27. The molecule has 2 aliphatic heterocycles. The highest BCUT2D eigenvalue weighted by atomic mass is 16.6. The van der Waals surface area contributed by atoms with Crippen molar-refractivity contribution in [3.63, 3.8) is 0 Å². The minimum Gasteiger partial charge on any atom is -0.465 e. The number of hydrogen-bond acceptors (Lipinski definition) is 4. The predicted octanol–water partition coefficient (Wildman–Crippen LogP) is 2.44. The van der Waals surface area contributed by atoms with Crippen LogP contribution in [0.15, 0.2) is 0 Å². The lowest BCUT2D eigenvalue weighted by Crippen LogP contribution is -2.31. The minimum absolute atomic E-state index is 0.0100. The van der Waals surface area contributed by atoms with Crippen molar-refractivity contribution in [2.24, 2.45) is 11.8 Å². The van der Waals surface area contributed by atoms with Crippen LogP contribution in [0.5, 0.6) is 0 Å². The first kappa shape index (κ1) is 13.1. The van der Waals surface area contributed by atoms with Crippen molar-refractivity contribution in [2.45, 2.75) is 75.8 Å². The van der Waals surface area contributed by atoms with Crippen molar-refractivity contribution < 1.29 is 19.0 Å². The Hall–Kier alpha value is -0.610. The Morgan fingerprint density at radius 3 is 2.35 bits per heavy atom. The van der Waals surface area contributed by atoms with Gasteiger partial charge in [-0.3, -0.25) is 4.79 Å². The van der Waals surface area contributed by atoms with Crippen LogP contribution in [0, 0.1) is 11.8 Å². The van der Waals surface area contributed by atoms with E-state index in [4.69, 9.17) is 14.2 Å². The molecule has 112 valence electrons. The molecular weight excluding hydrogens is 256 g/mol. The summed E-state index contributed by atoms with van der Waals surface area (Å²) in [6.07, 6.45) is 6.92. The van der Waals surface area contributed by atoms with Gasteiger partial charge in [0, 0.05) is 0 Å². The standard InChI is InChI=1S/C16H24O4/c1-15-7-10(3-5-12(15)19-15)9-18-14(17)11-4-6-13-16(2,8-11)20-13/h10-13H,3-9H2,1-2H3. The summed E-state index contributed by atoms with van der Waals surface area (Å²) in [7, 11) is 0. The van der Waals surface area contributed by atoms with Gasteiger partial charge >= 0.3 is 5.97 Å². The molecule has 0 radical (unpaired) electrons. The number of epoxide rings is 2. The van der Waals surface area contributed by atoms with Crippen LogP contribution in [0.25, 0.3) is 0 Å². The molecule has 4 heteroatoms. The lowest BCUT2D eigenvalue weighted by atomic mass is 9.82. The zero-order chi connectivity index (χ0) is 14.0. The second kappa shape index (κ2) is 4.20. The maximum Gasteiger partial charge on any atom is 0.309 e. The summed E-state index contributed by atoms with van der Waals surface area (Å²) in [5.41, 5.74) is 0.0536. The maximum atomic E-state index is 12.2. The van der Waals surface area contributed by atoms with Crippen LogP contribution in [0.4, 0.5) is 0 Å². The van der Waals surface area contributed by atoms with E-state index in [-0.39, 0.29) is 23.1 Å². The van der Waals surface area contributed by atoms with Gasteiger partial charge < -0.3 is 14.2 Å². The van der Waals surface area contributed by atoms with Crippen molar-refractivity contribution in [3.05, 3.63) is 0 Å². The first-order valence-corrected chi connectivity index (χ1v) is 8.01. The topological polar surface area (TPSA) is 51.4 Å². The molecule has 0 spiro atoms. The van der Waals surface area contributed by atoms with Crippen LogP contribution in [-0.4, -0.2) is 36.0 Å². The summed E-state index contributed by atoms with van der Waals surface area (Å²) in [6.45, 7) is 4.86. The number of fused-ring (bicyclic) bond motifs is 2. The molecule has 4 aliphatic rings. The van der Waals surface area contributed by atoms with Crippen LogP contribution < -0.4 is 0 Å². The van der Waals surface area contributed by atoms with E-state index in [1.807, 2.05) is 0 Å². The molecule has 4 nitrogen and oxygen atoms in total. The van der Waals surface area contributed by atoms with Gasteiger partial charge in [0.2, 0.25) is 0 Å². The van der Waals surface area contributed by atoms with Crippen molar-refractivity contribution in [3.8, 4) is 0 Å². The lowest BCUT2D eigenvalue weighted by Gasteiger charge is -2.25. The Morgan fingerprint density at radius 2 is 1.70 bits per heavy atom. The Labute approximate surface area is 120 Å². The first-order valence-electron chi connectivity index (χ1n) is 8.01. The summed E-state index contributed by atoms with van der Waals surface area (Å²) in [4.78, 5) is 12.2. The Bertz CT molecular complexity index is 436. The van der Waals surface area contributed by atoms with Crippen molar-refractivity contribution in [1.29, 1.82) is 0 Å². The summed E-state index contributed by atoms with van der Waals surface area (Å²) >= 11 is 0. The van der Waals surface area contributed by atoms with Gasteiger partial charge in [-0.2, -0.15) is 0 Å². The molecule has 0 amide bonds. The molecular formula is C16H24O4. The number of carbonyl (C=O) groups excluding carboxylic acids is 1. The molecule has 4 fully saturated rings. The number of hydrogen-bond donors (Lipinski definition) is 0. The van der Waals surface area contributed by atoms with E-state index >= 15 is 0 Å². The fraction of sp³-hybridized carbons (Fsp3) is 0.938. The van der Waals surface area contributed by atoms with Crippen LogP contribution in [-0.2, 0) is 19.0 Å². The van der Waals surface area contributed by atoms with Gasteiger partial charge in [-0.25, -0.2) is 0 Å². The van der Waals surface area contributed by atoms with Gasteiger partial charge in [-0.05, 0) is 58.3 Å². The molecule has 0 bridgehead atoms. The fourth-order valence-electron chi connectivity index (χ4n) is 4.34.